The lowest BCUT2D eigenvalue weighted by atomic mass is 10.1. The second kappa shape index (κ2) is 7.01. The zero-order valence-electron chi connectivity index (χ0n) is 11.4. The van der Waals surface area contributed by atoms with Gasteiger partial charge in [-0.1, -0.05) is 26.0 Å². The minimum atomic E-state index is -0.0714. The van der Waals surface area contributed by atoms with Gasteiger partial charge in [0, 0.05) is 25.3 Å². The second-order valence-electron chi connectivity index (χ2n) is 4.42. The third-order valence-electron chi connectivity index (χ3n) is 3.22. The van der Waals surface area contributed by atoms with Gasteiger partial charge in [0.1, 0.15) is 0 Å². The van der Waals surface area contributed by atoms with Crippen LogP contribution in [0.1, 0.15) is 32.3 Å². The van der Waals surface area contributed by atoms with Gasteiger partial charge in [0.2, 0.25) is 0 Å². The van der Waals surface area contributed by atoms with Crippen molar-refractivity contribution in [3.63, 3.8) is 0 Å². The van der Waals surface area contributed by atoms with Gasteiger partial charge in [-0.25, -0.2) is 4.79 Å². The van der Waals surface area contributed by atoms with Gasteiger partial charge in [-0.05, 0) is 30.5 Å². The Hall–Kier alpha value is -1.55. The molecule has 0 saturated heterocycles. The molecular weight excluding hydrogens is 226 g/mol. The van der Waals surface area contributed by atoms with Gasteiger partial charge in [0.15, 0.2) is 0 Å². The molecule has 18 heavy (non-hydrogen) atoms. The van der Waals surface area contributed by atoms with E-state index in [1.165, 1.54) is 0 Å². The number of nitrogens with one attached hydrogen (secondary N) is 1. The van der Waals surface area contributed by atoms with E-state index in [2.05, 4.69) is 19.2 Å². The smallest absolute Gasteiger partial charge is 0.321 e. The van der Waals surface area contributed by atoms with Crippen molar-refractivity contribution < 1.29 is 4.79 Å². The van der Waals surface area contributed by atoms with E-state index < -0.39 is 0 Å². The molecule has 4 nitrogen and oxygen atoms in total. The fourth-order valence-electron chi connectivity index (χ4n) is 1.99. The highest BCUT2D eigenvalue weighted by Crippen LogP contribution is 2.13. The average Bonchev–Trinajstić information content (AvgIpc) is 2.40. The van der Waals surface area contributed by atoms with Crippen LogP contribution in [0.4, 0.5) is 10.5 Å². The Morgan fingerprint density at radius 2 is 2.06 bits per heavy atom. The van der Waals surface area contributed by atoms with Crippen LogP contribution in [0.2, 0.25) is 0 Å². The highest BCUT2D eigenvalue weighted by molar-refractivity contribution is 5.89. The lowest BCUT2D eigenvalue weighted by Crippen LogP contribution is -2.39. The monoisotopic (exact) mass is 249 g/mol. The number of urea groups is 1. The first-order valence-electron chi connectivity index (χ1n) is 6.45. The molecule has 0 aliphatic carbocycles. The molecule has 1 aromatic carbocycles. The number of hydrogen-bond acceptors (Lipinski definition) is 2. The number of benzene rings is 1. The Bertz CT molecular complexity index is 388. The summed E-state index contributed by atoms with van der Waals surface area (Å²) in [5, 5.41) is 2.90. The SMILES string of the molecule is CCC(CC)N(C)C(=O)Nc1cccc(CN)c1. The summed E-state index contributed by atoms with van der Waals surface area (Å²) in [5.41, 5.74) is 7.38. The molecule has 2 amide bonds. The van der Waals surface area contributed by atoms with Crippen LogP contribution in [0.25, 0.3) is 0 Å². The molecule has 0 radical (unpaired) electrons. The molecule has 3 N–H and O–H groups in total. The molecule has 0 aromatic heterocycles. The van der Waals surface area contributed by atoms with E-state index in [-0.39, 0.29) is 12.1 Å². The minimum absolute atomic E-state index is 0.0714. The van der Waals surface area contributed by atoms with Crippen molar-refractivity contribution in [2.45, 2.75) is 39.3 Å². The van der Waals surface area contributed by atoms with E-state index in [0.29, 0.717) is 6.54 Å². The first-order chi connectivity index (χ1) is 8.62. The quantitative estimate of drug-likeness (QED) is 0.843. The normalized spacial score (nSPS) is 10.5. The van der Waals surface area contributed by atoms with Gasteiger partial charge in [0.25, 0.3) is 0 Å². The lowest BCUT2D eigenvalue weighted by molar-refractivity contribution is 0.200. The van der Waals surface area contributed by atoms with Crippen LogP contribution >= 0.6 is 0 Å². The van der Waals surface area contributed by atoms with Crippen molar-refractivity contribution in [1.29, 1.82) is 0 Å². The van der Waals surface area contributed by atoms with Crippen molar-refractivity contribution in [3.05, 3.63) is 29.8 Å². The molecular formula is C14H23N3O. The van der Waals surface area contributed by atoms with E-state index in [1.807, 2.05) is 31.3 Å². The standard InChI is InChI=1S/C14H23N3O/c1-4-13(5-2)17(3)14(18)16-12-8-6-7-11(9-12)10-15/h6-9,13H,4-5,10,15H2,1-3H3,(H,16,18). The topological polar surface area (TPSA) is 58.4 Å². The second-order valence-corrected chi connectivity index (χ2v) is 4.42. The maximum absolute atomic E-state index is 12.1. The van der Waals surface area contributed by atoms with E-state index in [9.17, 15) is 4.79 Å². The highest BCUT2D eigenvalue weighted by atomic mass is 16.2. The zero-order valence-corrected chi connectivity index (χ0v) is 11.4. The van der Waals surface area contributed by atoms with Gasteiger partial charge in [0.05, 0.1) is 0 Å². The largest absolute Gasteiger partial charge is 0.326 e. The third-order valence-corrected chi connectivity index (χ3v) is 3.22. The summed E-state index contributed by atoms with van der Waals surface area (Å²) in [7, 11) is 1.83. The van der Waals surface area contributed by atoms with Crippen LogP contribution < -0.4 is 11.1 Å². The number of hydrogen-bond donors (Lipinski definition) is 2. The Labute approximate surface area is 109 Å². The molecule has 1 aromatic rings. The molecule has 100 valence electrons. The Balaban J connectivity index is 2.68. The van der Waals surface area contributed by atoms with Crippen LogP contribution in [-0.4, -0.2) is 24.0 Å². The predicted molar refractivity (Wildman–Crippen MR) is 75.5 cm³/mol. The Morgan fingerprint density at radius 3 is 2.61 bits per heavy atom. The number of nitrogens with zero attached hydrogens (tertiary/aromatic N) is 1. The maximum Gasteiger partial charge on any atom is 0.321 e. The van der Waals surface area contributed by atoms with Crippen molar-refractivity contribution in [1.82, 2.24) is 4.90 Å². The van der Waals surface area contributed by atoms with Crippen molar-refractivity contribution in [2.24, 2.45) is 5.73 Å². The maximum atomic E-state index is 12.1. The number of nitrogens with two attached hydrogens (primary N) is 1. The highest BCUT2D eigenvalue weighted by Gasteiger charge is 2.16. The van der Waals surface area contributed by atoms with Crippen LogP contribution in [0.5, 0.6) is 0 Å². The number of anilines is 1. The van der Waals surface area contributed by atoms with Crippen LogP contribution in [0, 0.1) is 0 Å². The number of rotatable bonds is 5. The zero-order chi connectivity index (χ0) is 13.5. The molecule has 0 atom stereocenters. The van der Waals surface area contributed by atoms with Crippen LogP contribution in [-0.2, 0) is 6.54 Å². The summed E-state index contributed by atoms with van der Waals surface area (Å²) in [6.07, 6.45) is 1.92. The van der Waals surface area contributed by atoms with Gasteiger partial charge < -0.3 is 16.0 Å². The average molecular weight is 249 g/mol. The summed E-state index contributed by atoms with van der Waals surface area (Å²) in [5.74, 6) is 0. The Morgan fingerprint density at radius 1 is 1.39 bits per heavy atom. The molecule has 0 heterocycles. The summed E-state index contributed by atoms with van der Waals surface area (Å²) in [6, 6.07) is 7.83. The molecule has 0 spiro atoms. The van der Waals surface area contributed by atoms with E-state index in [1.54, 1.807) is 4.90 Å². The van der Waals surface area contributed by atoms with Crippen molar-refractivity contribution >= 4 is 11.7 Å². The van der Waals surface area contributed by atoms with Gasteiger partial charge in [-0.2, -0.15) is 0 Å². The van der Waals surface area contributed by atoms with Gasteiger partial charge in [-0.3, -0.25) is 0 Å². The van der Waals surface area contributed by atoms with E-state index >= 15 is 0 Å². The molecule has 0 aliphatic heterocycles. The molecule has 0 aliphatic rings. The lowest BCUT2D eigenvalue weighted by Gasteiger charge is -2.26. The first kappa shape index (κ1) is 14.5. The molecule has 0 saturated carbocycles. The predicted octanol–water partition coefficient (Wildman–Crippen LogP) is 2.80. The fourth-order valence-corrected chi connectivity index (χ4v) is 1.99. The van der Waals surface area contributed by atoms with Crippen LogP contribution in [0.3, 0.4) is 0 Å². The molecule has 4 heteroatoms. The van der Waals surface area contributed by atoms with Crippen molar-refractivity contribution in [2.75, 3.05) is 12.4 Å². The molecule has 0 unspecified atom stereocenters. The first-order valence-corrected chi connectivity index (χ1v) is 6.45. The van der Waals surface area contributed by atoms with Crippen LogP contribution in [0.15, 0.2) is 24.3 Å². The minimum Gasteiger partial charge on any atom is -0.326 e. The summed E-state index contributed by atoms with van der Waals surface area (Å²) < 4.78 is 0. The van der Waals surface area contributed by atoms with E-state index in [0.717, 1.165) is 24.1 Å². The number of carbonyl (C=O) groups excluding carboxylic acids is 1. The fraction of sp³-hybridized carbons (Fsp3) is 0.500. The summed E-state index contributed by atoms with van der Waals surface area (Å²) in [4.78, 5) is 13.8. The van der Waals surface area contributed by atoms with Gasteiger partial charge in [-0.15, -0.1) is 0 Å². The molecule has 0 bridgehead atoms. The van der Waals surface area contributed by atoms with E-state index in [4.69, 9.17) is 5.73 Å². The summed E-state index contributed by atoms with van der Waals surface area (Å²) in [6.45, 7) is 4.66. The number of amides is 2. The third kappa shape index (κ3) is 3.74. The Kier molecular flexibility index (Phi) is 5.65. The molecule has 1 rings (SSSR count). The van der Waals surface area contributed by atoms with Gasteiger partial charge >= 0.3 is 6.03 Å². The van der Waals surface area contributed by atoms with Crippen molar-refractivity contribution in [3.8, 4) is 0 Å². The number of carbonyl (C=O) groups is 1. The summed E-state index contributed by atoms with van der Waals surface area (Å²) >= 11 is 0. The molecule has 0 fully saturated rings.